The Bertz CT molecular complexity index is 962. The van der Waals surface area contributed by atoms with Crippen molar-refractivity contribution < 1.29 is 14.6 Å². The Morgan fingerprint density at radius 3 is 2.63 bits per heavy atom. The van der Waals surface area contributed by atoms with E-state index in [1.54, 1.807) is 6.20 Å². The van der Waals surface area contributed by atoms with Crippen molar-refractivity contribution in [3.8, 4) is 0 Å². The van der Waals surface area contributed by atoms with E-state index >= 15 is 0 Å². The molecule has 4 fully saturated rings. The number of fused-ring (bicyclic) bond motifs is 1. The third kappa shape index (κ3) is 3.23. The molecule has 162 valence electrons. The lowest BCUT2D eigenvalue weighted by molar-refractivity contribution is -0.129. The van der Waals surface area contributed by atoms with Gasteiger partial charge in [0.25, 0.3) is 0 Å². The number of amides is 1. The van der Waals surface area contributed by atoms with E-state index in [9.17, 15) is 9.90 Å². The van der Waals surface area contributed by atoms with Crippen LogP contribution in [0.1, 0.15) is 64.5 Å². The molecule has 0 radical (unpaired) electrons. The Balaban J connectivity index is 1.56. The number of aromatic amines is 1. The Morgan fingerprint density at radius 1 is 1.33 bits per heavy atom. The van der Waals surface area contributed by atoms with Crippen LogP contribution in [-0.2, 0) is 4.74 Å². The number of hydrogen-bond donors (Lipinski definition) is 4. The van der Waals surface area contributed by atoms with Gasteiger partial charge >= 0.3 is 6.09 Å². The number of carbonyl (C=O) groups excluding carboxylic acids is 1. The minimum atomic E-state index is -0.785. The molecule has 7 nitrogen and oxygen atoms in total. The fourth-order valence-corrected chi connectivity index (χ4v) is 6.59. The molecule has 0 aliphatic heterocycles. The Hall–Kier alpha value is -2.28. The molecule has 0 saturated heterocycles. The number of H-pyrrole nitrogens is 1. The van der Waals surface area contributed by atoms with Gasteiger partial charge in [-0.15, -0.1) is 0 Å². The number of hydrogen-bond acceptors (Lipinski definition) is 5. The summed E-state index contributed by atoms with van der Waals surface area (Å²) in [6.07, 6.45) is 7.42. The molecular formula is C23H32N4O3. The Labute approximate surface area is 176 Å². The van der Waals surface area contributed by atoms with Crippen molar-refractivity contribution in [1.82, 2.24) is 9.97 Å². The van der Waals surface area contributed by atoms with Crippen LogP contribution in [0.4, 0.5) is 10.5 Å². The van der Waals surface area contributed by atoms with E-state index in [4.69, 9.17) is 10.5 Å². The normalized spacial score (nSPS) is 33.6. The standard InChI is InChI=1S/C23H32N4O3/c1-22(2,3)19(30-21(24)28)16-11-26-20-15(4-5-25-20)18(16)27-17-13-6-12-7-14(17)10-23(29,8-12)9-13/h4-5,11-14,17,19,29H,6-10H2,1-3H3,(H2,24,28)(H2,25,26,27). The number of rotatable bonds is 4. The third-order valence-corrected chi connectivity index (χ3v) is 7.47. The SMILES string of the molecule is CC(C)(C)C(OC(N)=O)c1cnc2[nH]ccc2c1NC1C2CC3CC1CC(O)(C3)C2. The summed E-state index contributed by atoms with van der Waals surface area (Å²) in [5.74, 6) is 1.57. The first-order valence-corrected chi connectivity index (χ1v) is 11.0. The molecule has 6 rings (SSSR count). The molecule has 30 heavy (non-hydrogen) atoms. The fourth-order valence-electron chi connectivity index (χ4n) is 6.59. The molecule has 2 aromatic rings. The predicted molar refractivity (Wildman–Crippen MR) is 115 cm³/mol. The van der Waals surface area contributed by atoms with Crippen molar-refractivity contribution in [1.29, 1.82) is 0 Å². The first kappa shape index (κ1) is 19.7. The van der Waals surface area contributed by atoms with E-state index in [0.717, 1.165) is 41.5 Å². The quantitative estimate of drug-likeness (QED) is 0.604. The van der Waals surface area contributed by atoms with Crippen LogP contribution in [-0.4, -0.2) is 32.8 Å². The molecule has 4 aliphatic carbocycles. The third-order valence-electron chi connectivity index (χ3n) is 7.47. The zero-order chi connectivity index (χ0) is 21.3. The second-order valence-electron chi connectivity index (χ2n) is 10.9. The number of nitrogens with zero attached hydrogens (tertiary/aromatic N) is 1. The minimum absolute atomic E-state index is 0.301. The van der Waals surface area contributed by atoms with Crippen LogP contribution >= 0.6 is 0 Å². The highest BCUT2D eigenvalue weighted by molar-refractivity contribution is 5.91. The second kappa shape index (κ2) is 6.61. The zero-order valence-electron chi connectivity index (χ0n) is 17.9. The van der Waals surface area contributed by atoms with Crippen LogP contribution in [0, 0.1) is 23.2 Å². The van der Waals surface area contributed by atoms with Gasteiger partial charge in [0.1, 0.15) is 11.8 Å². The number of pyridine rings is 1. The maximum Gasteiger partial charge on any atom is 0.405 e. The highest BCUT2D eigenvalue weighted by atomic mass is 16.6. The lowest BCUT2D eigenvalue weighted by Gasteiger charge is -2.58. The minimum Gasteiger partial charge on any atom is -0.441 e. The molecular weight excluding hydrogens is 380 g/mol. The Kier molecular flexibility index (Phi) is 4.33. The van der Waals surface area contributed by atoms with Crippen LogP contribution in [0.2, 0.25) is 0 Å². The summed E-state index contributed by atoms with van der Waals surface area (Å²) in [6.45, 7) is 6.10. The molecule has 4 bridgehead atoms. The lowest BCUT2D eigenvalue weighted by Crippen LogP contribution is -2.59. The van der Waals surface area contributed by atoms with Gasteiger partial charge in [-0.3, -0.25) is 0 Å². The van der Waals surface area contributed by atoms with Gasteiger partial charge in [0.15, 0.2) is 0 Å². The number of aliphatic hydroxyl groups is 1. The van der Waals surface area contributed by atoms with Gasteiger partial charge < -0.3 is 25.9 Å². The number of carbonyl (C=O) groups is 1. The van der Waals surface area contributed by atoms with E-state index < -0.39 is 17.8 Å². The number of ether oxygens (including phenoxy) is 1. The van der Waals surface area contributed by atoms with Crippen LogP contribution < -0.4 is 11.1 Å². The van der Waals surface area contributed by atoms with Gasteiger partial charge in [0.2, 0.25) is 0 Å². The summed E-state index contributed by atoms with van der Waals surface area (Å²) in [5, 5.41) is 15.8. The second-order valence-corrected chi connectivity index (χ2v) is 10.9. The van der Waals surface area contributed by atoms with E-state index in [1.165, 1.54) is 12.8 Å². The summed E-state index contributed by atoms with van der Waals surface area (Å²) >= 11 is 0. The molecule has 0 aromatic carbocycles. The van der Waals surface area contributed by atoms with Gasteiger partial charge in [0.05, 0.1) is 11.3 Å². The Morgan fingerprint density at radius 2 is 2.03 bits per heavy atom. The number of primary amides is 1. The average Bonchev–Trinajstić information content (AvgIpc) is 3.09. The van der Waals surface area contributed by atoms with Crippen molar-refractivity contribution in [3.63, 3.8) is 0 Å². The average molecular weight is 413 g/mol. The highest BCUT2D eigenvalue weighted by Gasteiger charge is 2.55. The fraction of sp³-hybridized carbons (Fsp3) is 0.652. The molecule has 3 atom stereocenters. The molecule has 4 aliphatic rings. The van der Waals surface area contributed by atoms with E-state index in [2.05, 4.69) is 15.3 Å². The molecule has 0 spiro atoms. The highest BCUT2D eigenvalue weighted by Crippen LogP contribution is 2.56. The van der Waals surface area contributed by atoms with Crippen molar-refractivity contribution in [2.24, 2.45) is 28.9 Å². The molecule has 3 unspecified atom stereocenters. The van der Waals surface area contributed by atoms with Crippen LogP contribution in [0.3, 0.4) is 0 Å². The van der Waals surface area contributed by atoms with Gasteiger partial charge in [-0.2, -0.15) is 0 Å². The predicted octanol–water partition coefficient (Wildman–Crippen LogP) is 4.10. The number of aromatic nitrogens is 2. The van der Waals surface area contributed by atoms with Gasteiger partial charge in [-0.25, -0.2) is 9.78 Å². The summed E-state index contributed by atoms with van der Waals surface area (Å²) in [6, 6.07) is 2.32. The summed E-state index contributed by atoms with van der Waals surface area (Å²) < 4.78 is 5.60. The molecule has 2 heterocycles. The van der Waals surface area contributed by atoms with E-state index in [-0.39, 0.29) is 5.41 Å². The maximum atomic E-state index is 11.7. The number of anilines is 1. The number of nitrogens with two attached hydrogens (primary N) is 1. The summed E-state index contributed by atoms with van der Waals surface area (Å²) in [5.41, 5.74) is 7.22. The monoisotopic (exact) mass is 412 g/mol. The van der Waals surface area contributed by atoms with E-state index in [0.29, 0.717) is 23.8 Å². The smallest absolute Gasteiger partial charge is 0.405 e. The van der Waals surface area contributed by atoms with Crippen LogP contribution in [0.15, 0.2) is 18.5 Å². The van der Waals surface area contributed by atoms with Gasteiger partial charge in [-0.05, 0) is 55.9 Å². The first-order chi connectivity index (χ1) is 14.1. The first-order valence-electron chi connectivity index (χ1n) is 11.0. The van der Waals surface area contributed by atoms with Gasteiger partial charge in [-0.1, -0.05) is 20.8 Å². The van der Waals surface area contributed by atoms with Crippen molar-refractivity contribution in [3.05, 3.63) is 24.0 Å². The van der Waals surface area contributed by atoms with Crippen LogP contribution in [0.25, 0.3) is 11.0 Å². The molecule has 1 amide bonds. The van der Waals surface area contributed by atoms with E-state index in [1.807, 2.05) is 33.0 Å². The van der Waals surface area contributed by atoms with Gasteiger partial charge in [0, 0.05) is 34.8 Å². The molecule has 5 N–H and O–H groups in total. The summed E-state index contributed by atoms with van der Waals surface area (Å²) in [4.78, 5) is 19.5. The van der Waals surface area contributed by atoms with Crippen molar-refractivity contribution in [2.75, 3.05) is 5.32 Å². The molecule has 2 aromatic heterocycles. The zero-order valence-corrected chi connectivity index (χ0v) is 17.9. The maximum absolute atomic E-state index is 11.7. The van der Waals surface area contributed by atoms with Crippen molar-refractivity contribution in [2.45, 2.75) is 70.6 Å². The largest absolute Gasteiger partial charge is 0.441 e. The van der Waals surface area contributed by atoms with Crippen LogP contribution in [0.5, 0.6) is 0 Å². The van der Waals surface area contributed by atoms with Crippen molar-refractivity contribution >= 4 is 22.8 Å². The lowest BCUT2D eigenvalue weighted by atomic mass is 9.52. The molecule has 4 saturated carbocycles. The summed E-state index contributed by atoms with van der Waals surface area (Å²) in [7, 11) is 0. The number of nitrogens with one attached hydrogen (secondary N) is 2. The topological polar surface area (TPSA) is 113 Å². The molecule has 7 heteroatoms.